The smallest absolute Gasteiger partial charge is 0.292 e. The van der Waals surface area contributed by atoms with E-state index in [1.165, 1.54) is 0 Å². The predicted molar refractivity (Wildman–Crippen MR) is 96.7 cm³/mol. The van der Waals surface area contributed by atoms with E-state index in [9.17, 15) is 9.59 Å². The molecule has 0 aliphatic rings. The van der Waals surface area contributed by atoms with Crippen molar-refractivity contribution in [1.29, 1.82) is 0 Å². The van der Waals surface area contributed by atoms with Gasteiger partial charge in [0.15, 0.2) is 0 Å². The zero-order valence-electron chi connectivity index (χ0n) is 14.0. The first kappa shape index (κ1) is 16.8. The van der Waals surface area contributed by atoms with Gasteiger partial charge in [0.05, 0.1) is 10.9 Å². The number of benzene rings is 2. The lowest BCUT2D eigenvalue weighted by molar-refractivity contribution is -0.116. The maximum absolute atomic E-state index is 12.5. The van der Waals surface area contributed by atoms with E-state index in [0.29, 0.717) is 29.9 Å². The monoisotopic (exact) mass is 336 g/mol. The van der Waals surface area contributed by atoms with Crippen molar-refractivity contribution in [3.63, 3.8) is 0 Å². The van der Waals surface area contributed by atoms with Gasteiger partial charge in [-0.2, -0.15) is 0 Å². The first-order valence-corrected chi connectivity index (χ1v) is 8.30. The number of aromatic nitrogens is 1. The van der Waals surface area contributed by atoms with Gasteiger partial charge in [0, 0.05) is 18.3 Å². The summed E-state index contributed by atoms with van der Waals surface area (Å²) >= 11 is 0. The van der Waals surface area contributed by atoms with Crippen LogP contribution in [0, 0.1) is 0 Å². The van der Waals surface area contributed by atoms with E-state index in [4.69, 9.17) is 4.74 Å². The molecule has 5 heteroatoms. The van der Waals surface area contributed by atoms with Gasteiger partial charge in [-0.15, -0.1) is 0 Å². The summed E-state index contributed by atoms with van der Waals surface area (Å²) in [6.45, 7) is 2.80. The molecule has 1 aromatic heterocycles. The second-order valence-electron chi connectivity index (χ2n) is 5.74. The highest BCUT2D eigenvalue weighted by atomic mass is 16.5. The Hall–Kier alpha value is -3.08. The maximum atomic E-state index is 12.5. The lowest BCUT2D eigenvalue weighted by atomic mass is 10.1. The molecule has 1 amide bonds. The van der Waals surface area contributed by atoms with Gasteiger partial charge >= 0.3 is 0 Å². The molecule has 0 atom stereocenters. The topological polar surface area (TPSA) is 71.2 Å². The molecule has 25 heavy (non-hydrogen) atoms. The van der Waals surface area contributed by atoms with Gasteiger partial charge in [0.1, 0.15) is 12.4 Å². The molecule has 2 N–H and O–H groups in total. The molecule has 1 heterocycles. The van der Waals surface area contributed by atoms with Crippen molar-refractivity contribution >= 4 is 22.6 Å². The average Bonchev–Trinajstić information content (AvgIpc) is 3.09. The van der Waals surface area contributed by atoms with E-state index >= 15 is 0 Å². The summed E-state index contributed by atoms with van der Waals surface area (Å²) in [5, 5.41) is 3.25. The number of amides is 1. The summed E-state index contributed by atoms with van der Waals surface area (Å²) in [6, 6.07) is 15.3. The summed E-state index contributed by atoms with van der Waals surface area (Å²) in [4.78, 5) is 27.5. The molecule has 3 rings (SSSR count). The third-order valence-corrected chi connectivity index (χ3v) is 3.89. The number of nitrogens with one attached hydrogen (secondary N) is 2. The van der Waals surface area contributed by atoms with Gasteiger partial charge in [-0.25, -0.2) is 0 Å². The van der Waals surface area contributed by atoms with Crippen LogP contribution in [0.3, 0.4) is 0 Å². The normalized spacial score (nSPS) is 10.6. The highest BCUT2D eigenvalue weighted by Gasteiger charge is 2.21. The largest absolute Gasteiger partial charge is 0.488 e. The van der Waals surface area contributed by atoms with Gasteiger partial charge in [-0.1, -0.05) is 43.3 Å². The van der Waals surface area contributed by atoms with E-state index in [1.807, 2.05) is 49.4 Å². The molecule has 3 aromatic rings. The Bertz CT molecular complexity index is 884. The summed E-state index contributed by atoms with van der Waals surface area (Å²) in [5.74, 6) is -0.578. The lowest BCUT2D eigenvalue weighted by Gasteiger charge is -2.09. The molecule has 128 valence electrons. The number of carbonyl (C=O) groups excluding carboxylic acids is 2. The maximum Gasteiger partial charge on any atom is 0.292 e. The highest BCUT2D eigenvalue weighted by molar-refractivity contribution is 6.45. The molecule has 0 saturated heterocycles. The molecule has 0 bridgehead atoms. The van der Waals surface area contributed by atoms with Gasteiger partial charge in [0.2, 0.25) is 0 Å². The summed E-state index contributed by atoms with van der Waals surface area (Å²) in [6.07, 6.45) is 2.34. The van der Waals surface area contributed by atoms with Crippen molar-refractivity contribution in [3.05, 3.63) is 65.9 Å². The number of hydrogen-bond acceptors (Lipinski definition) is 3. The molecule has 0 saturated carbocycles. The summed E-state index contributed by atoms with van der Waals surface area (Å²) in [7, 11) is 0. The van der Waals surface area contributed by atoms with E-state index in [2.05, 4.69) is 10.3 Å². The third-order valence-electron chi connectivity index (χ3n) is 3.89. The third kappa shape index (κ3) is 3.71. The second-order valence-corrected chi connectivity index (χ2v) is 5.74. The van der Waals surface area contributed by atoms with E-state index in [-0.39, 0.29) is 0 Å². The standard InChI is InChI=1S/C20H20N2O3/c1-2-11-21-20(24)19(23)15-12-22-16-9-6-10-17(18(15)16)25-13-14-7-4-3-5-8-14/h3-10,12,22H,2,11,13H2,1H3,(H,21,24). The fourth-order valence-corrected chi connectivity index (χ4v) is 2.63. The van der Waals surface area contributed by atoms with Crippen LogP contribution in [0.2, 0.25) is 0 Å². The van der Waals surface area contributed by atoms with Gasteiger partial charge in [0.25, 0.3) is 11.7 Å². The molecular weight excluding hydrogens is 316 g/mol. The first-order chi connectivity index (χ1) is 12.2. The molecule has 0 aliphatic heterocycles. The summed E-state index contributed by atoms with van der Waals surface area (Å²) in [5.41, 5.74) is 2.12. The van der Waals surface area contributed by atoms with Crippen molar-refractivity contribution in [2.45, 2.75) is 20.0 Å². The fourth-order valence-electron chi connectivity index (χ4n) is 2.63. The minimum absolute atomic E-state index is 0.326. The molecule has 0 radical (unpaired) electrons. The van der Waals surface area contributed by atoms with Crippen LogP contribution in [-0.4, -0.2) is 23.2 Å². The average molecular weight is 336 g/mol. The van der Waals surface area contributed by atoms with Crippen LogP contribution in [0.4, 0.5) is 0 Å². The Morgan fingerprint density at radius 2 is 1.88 bits per heavy atom. The number of Topliss-reactive ketones (excluding diaryl/α,β-unsaturated/α-hetero) is 1. The molecule has 0 unspecified atom stereocenters. The number of carbonyl (C=O) groups is 2. The van der Waals surface area contributed by atoms with Crippen LogP contribution in [0.15, 0.2) is 54.7 Å². The van der Waals surface area contributed by atoms with Crippen molar-refractivity contribution in [3.8, 4) is 5.75 Å². The molecule has 2 aromatic carbocycles. The highest BCUT2D eigenvalue weighted by Crippen LogP contribution is 2.29. The second kappa shape index (κ2) is 7.66. The Morgan fingerprint density at radius 3 is 2.64 bits per heavy atom. The molecule has 0 fully saturated rings. The van der Waals surface area contributed by atoms with Gasteiger partial charge < -0.3 is 15.0 Å². The van der Waals surface area contributed by atoms with E-state index < -0.39 is 11.7 Å². The Balaban J connectivity index is 1.88. The molecule has 0 spiro atoms. The SMILES string of the molecule is CCCNC(=O)C(=O)c1c[nH]c2cccc(OCc3ccccc3)c12. The quantitative estimate of drug-likeness (QED) is 0.513. The van der Waals surface area contributed by atoms with E-state index in [1.54, 1.807) is 12.3 Å². The predicted octanol–water partition coefficient (Wildman–Crippen LogP) is 3.46. The molecule has 0 aliphatic carbocycles. The van der Waals surface area contributed by atoms with Crippen molar-refractivity contribution in [1.82, 2.24) is 10.3 Å². The van der Waals surface area contributed by atoms with Crippen molar-refractivity contribution < 1.29 is 14.3 Å². The van der Waals surface area contributed by atoms with Crippen LogP contribution < -0.4 is 10.1 Å². The Kier molecular flexibility index (Phi) is 5.14. The number of hydrogen-bond donors (Lipinski definition) is 2. The lowest BCUT2D eigenvalue weighted by Crippen LogP contribution is -2.31. The number of aromatic amines is 1. The molecular formula is C20H20N2O3. The zero-order valence-corrected chi connectivity index (χ0v) is 14.0. The minimum Gasteiger partial charge on any atom is -0.488 e. The van der Waals surface area contributed by atoms with Gasteiger partial charge in [-0.3, -0.25) is 9.59 Å². The number of H-pyrrole nitrogens is 1. The van der Waals surface area contributed by atoms with E-state index in [0.717, 1.165) is 17.5 Å². The van der Waals surface area contributed by atoms with Crippen LogP contribution >= 0.6 is 0 Å². The van der Waals surface area contributed by atoms with Crippen LogP contribution in [-0.2, 0) is 11.4 Å². The van der Waals surface area contributed by atoms with Crippen molar-refractivity contribution in [2.75, 3.05) is 6.54 Å². The summed E-state index contributed by atoms with van der Waals surface area (Å²) < 4.78 is 5.91. The number of ketones is 1. The fraction of sp³-hybridized carbons (Fsp3) is 0.200. The van der Waals surface area contributed by atoms with Gasteiger partial charge in [-0.05, 0) is 24.1 Å². The number of fused-ring (bicyclic) bond motifs is 1. The molecule has 5 nitrogen and oxygen atoms in total. The number of rotatable bonds is 7. The van der Waals surface area contributed by atoms with Crippen LogP contribution in [0.5, 0.6) is 5.75 Å². The Labute approximate surface area is 146 Å². The Morgan fingerprint density at radius 1 is 1.08 bits per heavy atom. The zero-order chi connectivity index (χ0) is 17.6. The van der Waals surface area contributed by atoms with Crippen LogP contribution in [0.1, 0.15) is 29.3 Å². The minimum atomic E-state index is -0.597. The van der Waals surface area contributed by atoms with Crippen LogP contribution in [0.25, 0.3) is 10.9 Å². The van der Waals surface area contributed by atoms with Crippen molar-refractivity contribution in [2.24, 2.45) is 0 Å². The first-order valence-electron chi connectivity index (χ1n) is 8.30. The number of ether oxygens (including phenoxy) is 1.